The monoisotopic (exact) mass is 235 g/mol. The van der Waals surface area contributed by atoms with Gasteiger partial charge in [0.05, 0.1) is 0 Å². The third-order valence-electron chi connectivity index (χ3n) is 4.50. The van der Waals surface area contributed by atoms with Crippen LogP contribution in [0.15, 0.2) is 11.4 Å². The highest BCUT2D eigenvalue weighted by Crippen LogP contribution is 2.55. The Morgan fingerprint density at radius 1 is 1.50 bits per heavy atom. The SMILES string of the molecule is CCCC1(C2NCCc3ccsc32)CCC1. The molecule has 2 heteroatoms. The molecule has 0 spiro atoms. The summed E-state index contributed by atoms with van der Waals surface area (Å²) in [5.41, 5.74) is 2.23. The molecule has 1 aliphatic carbocycles. The molecule has 0 aromatic carbocycles. The molecule has 2 aliphatic rings. The van der Waals surface area contributed by atoms with Crippen molar-refractivity contribution in [3.63, 3.8) is 0 Å². The predicted octanol–water partition coefficient (Wildman–Crippen LogP) is 3.91. The molecule has 0 amide bonds. The molecule has 0 bridgehead atoms. The van der Waals surface area contributed by atoms with Crippen molar-refractivity contribution in [2.75, 3.05) is 6.54 Å². The summed E-state index contributed by atoms with van der Waals surface area (Å²) in [5.74, 6) is 0. The molecule has 1 aliphatic heterocycles. The van der Waals surface area contributed by atoms with Gasteiger partial charge in [0.1, 0.15) is 0 Å². The number of rotatable bonds is 3. The molecule has 1 atom stereocenters. The Labute approximate surface area is 102 Å². The van der Waals surface area contributed by atoms with Crippen molar-refractivity contribution in [1.29, 1.82) is 0 Å². The second-order valence-corrected chi connectivity index (χ2v) is 6.36. The maximum absolute atomic E-state index is 3.80. The van der Waals surface area contributed by atoms with Crippen molar-refractivity contribution in [3.8, 4) is 0 Å². The van der Waals surface area contributed by atoms with E-state index in [0.717, 1.165) is 0 Å². The lowest BCUT2D eigenvalue weighted by atomic mass is 9.60. The second-order valence-electron chi connectivity index (χ2n) is 5.41. The van der Waals surface area contributed by atoms with Gasteiger partial charge in [-0.25, -0.2) is 0 Å². The summed E-state index contributed by atoms with van der Waals surface area (Å²) >= 11 is 1.97. The van der Waals surface area contributed by atoms with Gasteiger partial charge in [-0.15, -0.1) is 11.3 Å². The first kappa shape index (κ1) is 10.8. The number of nitrogens with one attached hydrogen (secondary N) is 1. The molecule has 1 N–H and O–H groups in total. The zero-order valence-corrected chi connectivity index (χ0v) is 10.9. The fourth-order valence-electron chi connectivity index (χ4n) is 3.56. The zero-order chi connectivity index (χ0) is 11.0. The average molecular weight is 235 g/mol. The average Bonchev–Trinajstić information content (AvgIpc) is 2.71. The minimum atomic E-state index is 0.606. The van der Waals surface area contributed by atoms with E-state index in [9.17, 15) is 0 Å². The van der Waals surface area contributed by atoms with Gasteiger partial charge in [-0.1, -0.05) is 19.8 Å². The molecular formula is C14H21NS. The highest BCUT2D eigenvalue weighted by atomic mass is 32.1. The third-order valence-corrected chi connectivity index (χ3v) is 5.52. The van der Waals surface area contributed by atoms with Crippen molar-refractivity contribution < 1.29 is 0 Å². The van der Waals surface area contributed by atoms with Crippen LogP contribution in [0.4, 0.5) is 0 Å². The van der Waals surface area contributed by atoms with Crippen LogP contribution < -0.4 is 5.32 Å². The lowest BCUT2D eigenvalue weighted by Gasteiger charge is -2.49. The minimum absolute atomic E-state index is 0.606. The van der Waals surface area contributed by atoms with Crippen molar-refractivity contribution >= 4 is 11.3 Å². The summed E-state index contributed by atoms with van der Waals surface area (Å²) in [4.78, 5) is 1.65. The Morgan fingerprint density at radius 3 is 3.06 bits per heavy atom. The fourth-order valence-corrected chi connectivity index (χ4v) is 4.73. The van der Waals surface area contributed by atoms with E-state index >= 15 is 0 Å². The Balaban J connectivity index is 1.90. The fraction of sp³-hybridized carbons (Fsp3) is 0.714. The third kappa shape index (κ3) is 1.54. The molecule has 0 radical (unpaired) electrons. The summed E-state index contributed by atoms with van der Waals surface area (Å²) in [6.07, 6.45) is 8.29. The molecule has 1 fully saturated rings. The van der Waals surface area contributed by atoms with E-state index in [1.807, 2.05) is 11.3 Å². The van der Waals surface area contributed by atoms with Crippen LogP contribution in [-0.2, 0) is 6.42 Å². The molecular weight excluding hydrogens is 214 g/mol. The first-order valence-corrected chi connectivity index (χ1v) is 7.53. The quantitative estimate of drug-likeness (QED) is 0.837. The highest BCUT2D eigenvalue weighted by Gasteiger charge is 2.45. The van der Waals surface area contributed by atoms with Gasteiger partial charge < -0.3 is 5.32 Å². The summed E-state index contributed by atoms with van der Waals surface area (Å²) in [6, 6.07) is 3.01. The standard InChI is InChI=1S/C14H21NS/c1-2-6-14(7-3-8-14)13-12-11(4-9-15-13)5-10-16-12/h5,10,13,15H,2-4,6-9H2,1H3. The van der Waals surface area contributed by atoms with E-state index in [-0.39, 0.29) is 0 Å². The second kappa shape index (κ2) is 4.15. The van der Waals surface area contributed by atoms with Crippen LogP contribution in [0.25, 0.3) is 0 Å². The van der Waals surface area contributed by atoms with Crippen LogP contribution >= 0.6 is 11.3 Å². The van der Waals surface area contributed by atoms with Gasteiger partial charge in [0, 0.05) is 10.9 Å². The summed E-state index contributed by atoms with van der Waals surface area (Å²) in [7, 11) is 0. The van der Waals surface area contributed by atoms with Crippen LogP contribution in [0, 0.1) is 5.41 Å². The molecule has 1 aromatic rings. The van der Waals surface area contributed by atoms with Gasteiger partial charge >= 0.3 is 0 Å². The van der Waals surface area contributed by atoms with E-state index in [2.05, 4.69) is 23.7 Å². The minimum Gasteiger partial charge on any atom is -0.308 e. The van der Waals surface area contributed by atoms with Crippen LogP contribution in [0.5, 0.6) is 0 Å². The number of thiophene rings is 1. The summed E-state index contributed by atoms with van der Waals surface area (Å²) in [6.45, 7) is 3.51. The molecule has 1 aromatic heterocycles. The largest absolute Gasteiger partial charge is 0.308 e. The van der Waals surface area contributed by atoms with Crippen molar-refractivity contribution in [3.05, 3.63) is 21.9 Å². The molecule has 2 heterocycles. The van der Waals surface area contributed by atoms with Gasteiger partial charge in [-0.3, -0.25) is 0 Å². The molecule has 1 saturated carbocycles. The number of hydrogen-bond acceptors (Lipinski definition) is 2. The van der Waals surface area contributed by atoms with Gasteiger partial charge in [0.15, 0.2) is 0 Å². The highest BCUT2D eigenvalue weighted by molar-refractivity contribution is 7.10. The first-order chi connectivity index (χ1) is 7.86. The maximum atomic E-state index is 3.80. The van der Waals surface area contributed by atoms with E-state index in [1.54, 1.807) is 10.4 Å². The molecule has 3 rings (SSSR count). The lowest BCUT2D eigenvalue weighted by Crippen LogP contribution is -2.45. The molecule has 1 nitrogen and oxygen atoms in total. The Hall–Kier alpha value is -0.340. The molecule has 0 saturated heterocycles. The summed E-state index contributed by atoms with van der Waals surface area (Å²) < 4.78 is 0. The lowest BCUT2D eigenvalue weighted by molar-refractivity contribution is 0.0599. The number of fused-ring (bicyclic) bond motifs is 1. The van der Waals surface area contributed by atoms with Crippen molar-refractivity contribution in [1.82, 2.24) is 5.32 Å². The van der Waals surface area contributed by atoms with Crippen molar-refractivity contribution in [2.24, 2.45) is 5.41 Å². The Bertz CT molecular complexity index is 365. The van der Waals surface area contributed by atoms with E-state index < -0.39 is 0 Å². The van der Waals surface area contributed by atoms with Gasteiger partial charge in [0.2, 0.25) is 0 Å². The number of hydrogen-bond donors (Lipinski definition) is 1. The van der Waals surface area contributed by atoms with Crippen LogP contribution in [-0.4, -0.2) is 6.54 Å². The van der Waals surface area contributed by atoms with E-state index in [1.165, 1.54) is 45.1 Å². The smallest absolute Gasteiger partial charge is 0.0474 e. The van der Waals surface area contributed by atoms with E-state index in [0.29, 0.717) is 11.5 Å². The molecule has 16 heavy (non-hydrogen) atoms. The van der Waals surface area contributed by atoms with Gasteiger partial charge in [-0.2, -0.15) is 0 Å². The zero-order valence-electron chi connectivity index (χ0n) is 10.1. The topological polar surface area (TPSA) is 12.0 Å². The Morgan fingerprint density at radius 2 is 2.38 bits per heavy atom. The Kier molecular flexibility index (Phi) is 2.80. The van der Waals surface area contributed by atoms with Crippen LogP contribution in [0.1, 0.15) is 55.5 Å². The van der Waals surface area contributed by atoms with E-state index in [4.69, 9.17) is 0 Å². The molecule has 1 unspecified atom stereocenters. The molecule has 88 valence electrons. The normalized spacial score (nSPS) is 27.2. The van der Waals surface area contributed by atoms with Crippen LogP contribution in [0.3, 0.4) is 0 Å². The summed E-state index contributed by atoms with van der Waals surface area (Å²) in [5, 5.41) is 6.08. The maximum Gasteiger partial charge on any atom is 0.0474 e. The first-order valence-electron chi connectivity index (χ1n) is 6.65. The van der Waals surface area contributed by atoms with Gasteiger partial charge in [0.25, 0.3) is 0 Å². The predicted molar refractivity (Wildman–Crippen MR) is 70.0 cm³/mol. The van der Waals surface area contributed by atoms with Crippen molar-refractivity contribution in [2.45, 2.75) is 51.5 Å². The van der Waals surface area contributed by atoms with Gasteiger partial charge in [-0.05, 0) is 54.7 Å². The van der Waals surface area contributed by atoms with Crippen LogP contribution in [0.2, 0.25) is 0 Å².